The number of benzene rings is 1. The van der Waals surface area contributed by atoms with Crippen LogP contribution in [0.4, 0.5) is 4.39 Å². The highest BCUT2D eigenvalue weighted by molar-refractivity contribution is 5.34. The Bertz CT molecular complexity index is 572. The van der Waals surface area contributed by atoms with Crippen LogP contribution in [0.5, 0.6) is 5.75 Å². The Morgan fingerprint density at radius 1 is 1.32 bits per heavy atom. The molecule has 0 aliphatic rings. The summed E-state index contributed by atoms with van der Waals surface area (Å²) in [6.07, 6.45) is 0. The van der Waals surface area contributed by atoms with E-state index < -0.39 is 5.82 Å². The summed E-state index contributed by atoms with van der Waals surface area (Å²) in [7, 11) is 0. The smallest absolute Gasteiger partial charge is 0.126 e. The predicted molar refractivity (Wildman–Crippen MR) is 72.3 cm³/mol. The molecule has 0 bridgehead atoms. The molecule has 0 amide bonds. The first-order valence-corrected chi connectivity index (χ1v) is 6.20. The number of aryl methyl sites for hydroxylation is 1. The van der Waals surface area contributed by atoms with Gasteiger partial charge in [-0.25, -0.2) is 4.39 Å². The van der Waals surface area contributed by atoms with Gasteiger partial charge in [-0.2, -0.15) is 0 Å². The SMILES string of the molecule is Cc1cccc(CNC(C)c2ccc(F)cc2O)n1. The lowest BCUT2D eigenvalue weighted by molar-refractivity contribution is 0.446. The van der Waals surface area contributed by atoms with Crippen molar-refractivity contribution in [2.45, 2.75) is 26.4 Å². The fourth-order valence-corrected chi connectivity index (χ4v) is 1.95. The molecule has 1 heterocycles. The lowest BCUT2D eigenvalue weighted by atomic mass is 10.1. The van der Waals surface area contributed by atoms with Crippen LogP contribution in [0.25, 0.3) is 0 Å². The fourth-order valence-electron chi connectivity index (χ4n) is 1.95. The Hall–Kier alpha value is -1.94. The Labute approximate surface area is 112 Å². The van der Waals surface area contributed by atoms with E-state index in [-0.39, 0.29) is 11.8 Å². The van der Waals surface area contributed by atoms with Gasteiger partial charge in [0, 0.05) is 29.9 Å². The largest absolute Gasteiger partial charge is 0.508 e. The molecule has 0 spiro atoms. The van der Waals surface area contributed by atoms with E-state index in [9.17, 15) is 9.50 Å². The first-order chi connectivity index (χ1) is 9.06. The van der Waals surface area contributed by atoms with Crippen molar-refractivity contribution in [3.63, 3.8) is 0 Å². The van der Waals surface area contributed by atoms with E-state index in [1.165, 1.54) is 6.07 Å². The van der Waals surface area contributed by atoms with Crippen molar-refractivity contribution in [3.05, 3.63) is 59.2 Å². The second-order valence-electron chi connectivity index (χ2n) is 4.58. The van der Waals surface area contributed by atoms with Gasteiger partial charge in [0.15, 0.2) is 0 Å². The number of nitrogens with one attached hydrogen (secondary N) is 1. The van der Waals surface area contributed by atoms with Gasteiger partial charge in [-0.1, -0.05) is 12.1 Å². The third-order valence-corrected chi connectivity index (χ3v) is 2.99. The van der Waals surface area contributed by atoms with Gasteiger partial charge < -0.3 is 10.4 Å². The Morgan fingerprint density at radius 3 is 2.79 bits per heavy atom. The van der Waals surface area contributed by atoms with E-state index in [2.05, 4.69) is 10.3 Å². The van der Waals surface area contributed by atoms with Gasteiger partial charge in [-0.05, 0) is 32.0 Å². The van der Waals surface area contributed by atoms with Gasteiger partial charge in [-0.15, -0.1) is 0 Å². The predicted octanol–water partition coefficient (Wildman–Crippen LogP) is 3.09. The van der Waals surface area contributed by atoms with Crippen molar-refractivity contribution in [2.75, 3.05) is 0 Å². The molecule has 2 N–H and O–H groups in total. The van der Waals surface area contributed by atoms with E-state index in [0.717, 1.165) is 17.5 Å². The minimum Gasteiger partial charge on any atom is -0.508 e. The number of phenolic OH excluding ortho intramolecular Hbond substituents is 1. The van der Waals surface area contributed by atoms with Gasteiger partial charge in [-0.3, -0.25) is 4.98 Å². The molecule has 0 saturated carbocycles. The topological polar surface area (TPSA) is 45.1 Å². The maximum atomic E-state index is 12.9. The standard InChI is InChI=1S/C15H17FN2O/c1-10-4-3-5-13(18-10)9-17-11(2)14-7-6-12(16)8-15(14)19/h3-8,11,17,19H,9H2,1-2H3. The lowest BCUT2D eigenvalue weighted by Gasteiger charge is -2.15. The maximum Gasteiger partial charge on any atom is 0.126 e. The second-order valence-corrected chi connectivity index (χ2v) is 4.58. The lowest BCUT2D eigenvalue weighted by Crippen LogP contribution is -2.19. The molecule has 100 valence electrons. The van der Waals surface area contributed by atoms with Crippen LogP contribution < -0.4 is 5.32 Å². The molecule has 1 aromatic carbocycles. The molecule has 4 heteroatoms. The molecule has 1 atom stereocenters. The highest BCUT2D eigenvalue weighted by Gasteiger charge is 2.10. The van der Waals surface area contributed by atoms with Gasteiger partial charge >= 0.3 is 0 Å². The number of halogens is 1. The van der Waals surface area contributed by atoms with Gasteiger partial charge in [0.05, 0.1) is 5.69 Å². The van der Waals surface area contributed by atoms with Crippen molar-refractivity contribution in [2.24, 2.45) is 0 Å². The van der Waals surface area contributed by atoms with Crippen molar-refractivity contribution in [3.8, 4) is 5.75 Å². The molecule has 2 rings (SSSR count). The molecule has 0 radical (unpaired) electrons. The Morgan fingerprint density at radius 2 is 2.11 bits per heavy atom. The number of pyridine rings is 1. The molecule has 19 heavy (non-hydrogen) atoms. The number of aromatic hydroxyl groups is 1. The van der Waals surface area contributed by atoms with Crippen LogP contribution in [0.15, 0.2) is 36.4 Å². The molecular weight excluding hydrogens is 243 g/mol. The van der Waals surface area contributed by atoms with E-state index >= 15 is 0 Å². The molecular formula is C15H17FN2O. The van der Waals surface area contributed by atoms with Crippen molar-refractivity contribution < 1.29 is 9.50 Å². The van der Waals surface area contributed by atoms with Crippen LogP contribution >= 0.6 is 0 Å². The summed E-state index contributed by atoms with van der Waals surface area (Å²) in [6, 6.07) is 9.82. The molecule has 2 aromatic rings. The number of aromatic nitrogens is 1. The van der Waals surface area contributed by atoms with Crippen LogP contribution in [0.1, 0.15) is 29.9 Å². The average Bonchev–Trinajstić information content (AvgIpc) is 2.36. The highest BCUT2D eigenvalue weighted by Crippen LogP contribution is 2.24. The monoisotopic (exact) mass is 260 g/mol. The zero-order valence-electron chi connectivity index (χ0n) is 11.0. The zero-order chi connectivity index (χ0) is 13.8. The number of nitrogens with zero attached hydrogens (tertiary/aromatic N) is 1. The second kappa shape index (κ2) is 5.80. The summed E-state index contributed by atoms with van der Waals surface area (Å²) in [5, 5.41) is 13.0. The van der Waals surface area contributed by atoms with Crippen LogP contribution in [0, 0.1) is 12.7 Å². The summed E-state index contributed by atoms with van der Waals surface area (Å²) in [5.41, 5.74) is 2.58. The Kier molecular flexibility index (Phi) is 4.12. The molecule has 0 fully saturated rings. The molecule has 0 aliphatic heterocycles. The minimum absolute atomic E-state index is 0.0304. The summed E-state index contributed by atoms with van der Waals surface area (Å²) in [6.45, 7) is 4.46. The third kappa shape index (κ3) is 3.51. The number of hydrogen-bond acceptors (Lipinski definition) is 3. The molecule has 1 aromatic heterocycles. The molecule has 1 unspecified atom stereocenters. The van der Waals surface area contributed by atoms with E-state index in [1.54, 1.807) is 6.07 Å². The normalized spacial score (nSPS) is 12.4. The molecule has 3 nitrogen and oxygen atoms in total. The number of phenols is 1. The highest BCUT2D eigenvalue weighted by atomic mass is 19.1. The van der Waals surface area contributed by atoms with Gasteiger partial charge in [0.25, 0.3) is 0 Å². The number of rotatable bonds is 4. The summed E-state index contributed by atoms with van der Waals surface area (Å²) >= 11 is 0. The van der Waals surface area contributed by atoms with E-state index in [0.29, 0.717) is 12.1 Å². The number of hydrogen-bond donors (Lipinski definition) is 2. The van der Waals surface area contributed by atoms with Gasteiger partial charge in [0.1, 0.15) is 11.6 Å². The fraction of sp³-hybridized carbons (Fsp3) is 0.267. The van der Waals surface area contributed by atoms with Crippen LogP contribution in [-0.4, -0.2) is 10.1 Å². The van der Waals surface area contributed by atoms with Crippen LogP contribution in [0.3, 0.4) is 0 Å². The minimum atomic E-state index is -0.436. The average molecular weight is 260 g/mol. The van der Waals surface area contributed by atoms with Crippen molar-refractivity contribution >= 4 is 0 Å². The summed E-state index contributed by atoms with van der Waals surface area (Å²) in [5.74, 6) is -0.467. The van der Waals surface area contributed by atoms with Crippen LogP contribution in [-0.2, 0) is 6.54 Å². The zero-order valence-corrected chi connectivity index (χ0v) is 11.0. The maximum absolute atomic E-state index is 12.9. The van der Waals surface area contributed by atoms with Crippen molar-refractivity contribution in [1.82, 2.24) is 10.3 Å². The van der Waals surface area contributed by atoms with E-state index in [4.69, 9.17) is 0 Å². The first kappa shape index (κ1) is 13.5. The third-order valence-electron chi connectivity index (χ3n) is 2.99. The summed E-state index contributed by atoms with van der Waals surface area (Å²) < 4.78 is 12.9. The van der Waals surface area contributed by atoms with Crippen LogP contribution in [0.2, 0.25) is 0 Å². The quantitative estimate of drug-likeness (QED) is 0.888. The van der Waals surface area contributed by atoms with Crippen molar-refractivity contribution in [1.29, 1.82) is 0 Å². The van der Waals surface area contributed by atoms with Gasteiger partial charge in [0.2, 0.25) is 0 Å². The Balaban J connectivity index is 2.03. The molecule has 0 aliphatic carbocycles. The molecule has 0 saturated heterocycles. The summed E-state index contributed by atoms with van der Waals surface area (Å²) in [4.78, 5) is 4.39. The first-order valence-electron chi connectivity index (χ1n) is 6.20. The van der Waals surface area contributed by atoms with E-state index in [1.807, 2.05) is 32.0 Å².